The summed E-state index contributed by atoms with van der Waals surface area (Å²) in [6, 6.07) is 23.3. The van der Waals surface area contributed by atoms with Crippen molar-refractivity contribution in [2.24, 2.45) is 0 Å². The van der Waals surface area contributed by atoms with E-state index in [0.29, 0.717) is 28.8 Å². The van der Waals surface area contributed by atoms with Crippen LogP contribution in [0.4, 0.5) is 0 Å². The van der Waals surface area contributed by atoms with Gasteiger partial charge in [0.05, 0.1) is 10.0 Å². The highest BCUT2D eigenvalue weighted by atomic mass is 35.5. The van der Waals surface area contributed by atoms with E-state index in [0.717, 1.165) is 24.0 Å². The minimum absolute atomic E-state index is 0.187. The van der Waals surface area contributed by atoms with Gasteiger partial charge in [0.1, 0.15) is 11.8 Å². The van der Waals surface area contributed by atoms with Crippen molar-refractivity contribution in [1.29, 1.82) is 0 Å². The number of nitrogens with one attached hydrogen (secondary N) is 1. The molecule has 184 valence electrons. The fourth-order valence-electron chi connectivity index (χ4n) is 3.64. The van der Waals surface area contributed by atoms with Gasteiger partial charge in [-0.2, -0.15) is 0 Å². The van der Waals surface area contributed by atoms with Crippen molar-refractivity contribution in [1.82, 2.24) is 10.2 Å². The van der Waals surface area contributed by atoms with Crippen LogP contribution < -0.4 is 10.1 Å². The molecule has 0 fully saturated rings. The zero-order valence-corrected chi connectivity index (χ0v) is 21.3. The van der Waals surface area contributed by atoms with Crippen molar-refractivity contribution in [2.45, 2.75) is 38.8 Å². The van der Waals surface area contributed by atoms with E-state index in [1.165, 1.54) is 0 Å². The first-order valence-electron chi connectivity index (χ1n) is 11.7. The van der Waals surface area contributed by atoms with E-state index in [2.05, 4.69) is 12.2 Å². The van der Waals surface area contributed by atoms with Gasteiger partial charge >= 0.3 is 0 Å². The number of benzene rings is 3. The molecule has 2 amide bonds. The molecule has 0 saturated heterocycles. The van der Waals surface area contributed by atoms with Crippen LogP contribution in [0.3, 0.4) is 0 Å². The molecule has 0 aliphatic carbocycles. The molecule has 1 N–H and O–H groups in total. The summed E-state index contributed by atoms with van der Waals surface area (Å²) < 4.78 is 5.74. The first-order chi connectivity index (χ1) is 17.0. The quantitative estimate of drug-likeness (QED) is 0.306. The molecule has 0 aliphatic heterocycles. The molecule has 35 heavy (non-hydrogen) atoms. The lowest BCUT2D eigenvalue weighted by molar-refractivity contribution is -0.142. The molecule has 7 heteroatoms. The molecule has 0 radical (unpaired) electrons. The van der Waals surface area contributed by atoms with Crippen molar-refractivity contribution in [2.75, 3.05) is 13.2 Å². The second-order valence-corrected chi connectivity index (χ2v) is 9.04. The maximum Gasteiger partial charge on any atom is 0.261 e. The Morgan fingerprint density at radius 2 is 1.60 bits per heavy atom. The highest BCUT2D eigenvalue weighted by Crippen LogP contribution is 2.24. The third-order valence-electron chi connectivity index (χ3n) is 5.54. The molecule has 0 aliphatic rings. The first kappa shape index (κ1) is 26.6. The highest BCUT2D eigenvalue weighted by Gasteiger charge is 2.30. The SMILES string of the molecule is CCCCNC(=O)[C@H](Cc1ccccc1)N(Cc1ccc(Cl)c(Cl)c1)C(=O)COc1ccccc1. The number of nitrogens with zero attached hydrogens (tertiary/aromatic N) is 1. The summed E-state index contributed by atoms with van der Waals surface area (Å²) in [5.74, 6) is 0.0873. The van der Waals surface area contributed by atoms with Crippen LogP contribution in [0.5, 0.6) is 5.75 Å². The van der Waals surface area contributed by atoms with Crippen molar-refractivity contribution in [3.63, 3.8) is 0 Å². The van der Waals surface area contributed by atoms with Gasteiger partial charge in [-0.05, 0) is 41.8 Å². The molecular weight excluding hydrogens is 483 g/mol. The number of para-hydroxylation sites is 1. The third-order valence-corrected chi connectivity index (χ3v) is 6.28. The fraction of sp³-hybridized carbons (Fsp3) is 0.286. The van der Waals surface area contributed by atoms with E-state index < -0.39 is 6.04 Å². The smallest absolute Gasteiger partial charge is 0.261 e. The number of halogens is 2. The molecule has 0 bridgehead atoms. The number of hydrogen-bond acceptors (Lipinski definition) is 3. The average molecular weight is 513 g/mol. The van der Waals surface area contributed by atoms with Gasteiger partial charge < -0.3 is 15.0 Å². The van der Waals surface area contributed by atoms with Crippen LogP contribution in [-0.2, 0) is 22.6 Å². The molecule has 3 rings (SSSR count). The topological polar surface area (TPSA) is 58.6 Å². The van der Waals surface area contributed by atoms with Gasteiger partial charge in [0.15, 0.2) is 6.61 Å². The van der Waals surface area contributed by atoms with Crippen LogP contribution in [0.25, 0.3) is 0 Å². The Bertz CT molecular complexity index is 1090. The van der Waals surface area contributed by atoms with Crippen LogP contribution in [-0.4, -0.2) is 35.9 Å². The molecule has 0 heterocycles. The van der Waals surface area contributed by atoms with Crippen LogP contribution in [0.2, 0.25) is 10.0 Å². The molecule has 0 aromatic heterocycles. The predicted octanol–water partition coefficient (Wildman–Crippen LogP) is 5.93. The van der Waals surface area contributed by atoms with Crippen molar-refractivity contribution in [3.8, 4) is 5.75 Å². The van der Waals surface area contributed by atoms with Gasteiger partial charge in [0.25, 0.3) is 5.91 Å². The van der Waals surface area contributed by atoms with Crippen molar-refractivity contribution in [3.05, 3.63) is 100 Å². The number of amides is 2. The predicted molar refractivity (Wildman–Crippen MR) is 141 cm³/mol. The van der Waals surface area contributed by atoms with E-state index in [-0.39, 0.29) is 25.0 Å². The van der Waals surface area contributed by atoms with Gasteiger partial charge in [-0.3, -0.25) is 9.59 Å². The molecular formula is C28H30Cl2N2O3. The van der Waals surface area contributed by atoms with Crippen LogP contribution in [0.15, 0.2) is 78.9 Å². The lowest BCUT2D eigenvalue weighted by atomic mass is 10.0. The summed E-state index contributed by atoms with van der Waals surface area (Å²) in [7, 11) is 0. The van der Waals surface area contributed by atoms with Crippen LogP contribution >= 0.6 is 23.2 Å². The standard InChI is InChI=1S/C28H30Cl2N2O3/c1-2-3-16-31-28(34)26(18-21-10-6-4-7-11-21)32(19-22-14-15-24(29)25(30)17-22)27(33)20-35-23-12-8-5-9-13-23/h4-15,17,26H,2-3,16,18-20H2,1H3,(H,31,34)/t26-/m0/s1. The lowest BCUT2D eigenvalue weighted by Crippen LogP contribution is -2.51. The molecule has 1 atom stereocenters. The van der Waals surface area contributed by atoms with E-state index in [4.69, 9.17) is 27.9 Å². The minimum atomic E-state index is -0.726. The maximum absolute atomic E-state index is 13.5. The molecule has 0 saturated carbocycles. The molecule has 3 aromatic carbocycles. The summed E-state index contributed by atoms with van der Waals surface area (Å²) in [5, 5.41) is 3.82. The summed E-state index contributed by atoms with van der Waals surface area (Å²) in [5.41, 5.74) is 1.73. The minimum Gasteiger partial charge on any atom is -0.484 e. The lowest BCUT2D eigenvalue weighted by Gasteiger charge is -2.31. The Morgan fingerprint density at radius 1 is 0.914 bits per heavy atom. The van der Waals surface area contributed by atoms with E-state index in [1.807, 2.05) is 48.5 Å². The Labute approximate surface area is 217 Å². The molecule has 0 unspecified atom stereocenters. The zero-order valence-electron chi connectivity index (χ0n) is 19.8. The monoisotopic (exact) mass is 512 g/mol. The van der Waals surface area contributed by atoms with Gasteiger partial charge in [-0.15, -0.1) is 0 Å². The van der Waals surface area contributed by atoms with Gasteiger partial charge in [0, 0.05) is 19.5 Å². The first-order valence-corrected chi connectivity index (χ1v) is 12.5. The Balaban J connectivity index is 1.90. The van der Waals surface area contributed by atoms with Crippen LogP contribution in [0.1, 0.15) is 30.9 Å². The Hall–Kier alpha value is -3.02. The maximum atomic E-state index is 13.5. The van der Waals surface area contributed by atoms with Gasteiger partial charge in [-0.1, -0.05) is 91.1 Å². The largest absolute Gasteiger partial charge is 0.484 e. The normalized spacial score (nSPS) is 11.5. The van der Waals surface area contributed by atoms with Gasteiger partial charge in [-0.25, -0.2) is 0 Å². The summed E-state index contributed by atoms with van der Waals surface area (Å²) in [6.45, 7) is 2.61. The summed E-state index contributed by atoms with van der Waals surface area (Å²) in [6.07, 6.45) is 2.19. The number of carbonyl (C=O) groups is 2. The fourth-order valence-corrected chi connectivity index (χ4v) is 3.96. The molecule has 0 spiro atoms. The van der Waals surface area contributed by atoms with Crippen molar-refractivity contribution < 1.29 is 14.3 Å². The number of hydrogen-bond donors (Lipinski definition) is 1. The van der Waals surface area contributed by atoms with Gasteiger partial charge in [0.2, 0.25) is 5.91 Å². The number of ether oxygens (including phenoxy) is 1. The number of unbranched alkanes of at least 4 members (excludes halogenated alkanes) is 1. The summed E-state index contributed by atoms with van der Waals surface area (Å²) >= 11 is 12.3. The average Bonchev–Trinajstić information content (AvgIpc) is 2.88. The second-order valence-electron chi connectivity index (χ2n) is 8.22. The third kappa shape index (κ3) is 8.30. The number of rotatable bonds is 12. The van der Waals surface area contributed by atoms with Crippen LogP contribution in [0, 0.1) is 0 Å². The van der Waals surface area contributed by atoms with Crippen molar-refractivity contribution >= 4 is 35.0 Å². The molecule has 5 nitrogen and oxygen atoms in total. The summed E-state index contributed by atoms with van der Waals surface area (Å²) in [4.78, 5) is 28.4. The van der Waals surface area contributed by atoms with E-state index >= 15 is 0 Å². The van der Waals surface area contributed by atoms with E-state index in [1.54, 1.807) is 35.2 Å². The molecule has 3 aromatic rings. The Morgan fingerprint density at radius 3 is 2.26 bits per heavy atom. The highest BCUT2D eigenvalue weighted by molar-refractivity contribution is 6.42. The number of carbonyl (C=O) groups excluding carboxylic acids is 2. The zero-order chi connectivity index (χ0) is 25.0. The Kier molecular flexibility index (Phi) is 10.5. The second kappa shape index (κ2) is 13.8. The van der Waals surface area contributed by atoms with E-state index in [9.17, 15) is 9.59 Å².